The van der Waals surface area contributed by atoms with Crippen LogP contribution < -0.4 is 15.5 Å². The second-order valence-electron chi connectivity index (χ2n) is 5.75. The van der Waals surface area contributed by atoms with Crippen LogP contribution in [0.25, 0.3) is 0 Å². The fraction of sp³-hybridized carbons (Fsp3) is 0.643. The zero-order valence-electron chi connectivity index (χ0n) is 12.0. The molecule has 114 valence electrons. The molecular weight excluding hydrogens is 286 g/mol. The molecule has 2 aliphatic heterocycles. The van der Waals surface area contributed by atoms with Crippen LogP contribution in [0.15, 0.2) is 6.07 Å². The average molecular weight is 307 g/mol. The summed E-state index contributed by atoms with van der Waals surface area (Å²) in [5, 5.41) is 0. The third-order valence-electron chi connectivity index (χ3n) is 4.14. The molecule has 2 aliphatic rings. The summed E-state index contributed by atoms with van der Waals surface area (Å²) in [5.74, 6) is 2.78. The second kappa shape index (κ2) is 6.09. The number of anilines is 3. The molecule has 2 N–H and O–H groups in total. The zero-order valence-corrected chi connectivity index (χ0v) is 12.9. The molecule has 2 saturated heterocycles. The van der Waals surface area contributed by atoms with Crippen LogP contribution in [-0.4, -0.2) is 41.3 Å². The van der Waals surface area contributed by atoms with Gasteiger partial charge in [0.1, 0.15) is 11.6 Å². The molecule has 1 amide bonds. The van der Waals surface area contributed by atoms with Crippen LogP contribution in [-0.2, 0) is 4.79 Å². The standard InChI is InChI=1S/C14H21N5OS/c15-14-16-11(18-4-2-1-3-5-18)7-12(17-14)19-8-10(9-21)6-13(19)20/h7,10,21H,1-6,8-9H2,(H2,15,16,17). The minimum atomic E-state index is 0.0942. The Hall–Kier alpha value is -1.50. The van der Waals surface area contributed by atoms with E-state index in [4.69, 9.17) is 5.73 Å². The summed E-state index contributed by atoms with van der Waals surface area (Å²) >= 11 is 4.29. The van der Waals surface area contributed by atoms with Crippen molar-refractivity contribution < 1.29 is 4.79 Å². The monoisotopic (exact) mass is 307 g/mol. The molecule has 0 radical (unpaired) electrons. The SMILES string of the molecule is Nc1nc(N2CCCCC2)cc(N2CC(CS)CC2=O)n1. The Balaban J connectivity index is 1.85. The van der Waals surface area contributed by atoms with Crippen molar-refractivity contribution in [3.8, 4) is 0 Å². The number of nitrogens with zero attached hydrogens (tertiary/aromatic N) is 4. The van der Waals surface area contributed by atoms with Gasteiger partial charge in [0.25, 0.3) is 0 Å². The van der Waals surface area contributed by atoms with Crippen LogP contribution in [0.2, 0.25) is 0 Å². The van der Waals surface area contributed by atoms with Crippen LogP contribution >= 0.6 is 12.6 Å². The van der Waals surface area contributed by atoms with Crippen LogP contribution in [0.5, 0.6) is 0 Å². The number of carbonyl (C=O) groups is 1. The number of nitrogen functional groups attached to an aromatic ring is 1. The Bertz CT molecular complexity index is 532. The van der Waals surface area contributed by atoms with Crippen molar-refractivity contribution in [2.75, 3.05) is 40.9 Å². The summed E-state index contributed by atoms with van der Waals surface area (Å²) < 4.78 is 0. The number of nitrogens with two attached hydrogens (primary N) is 1. The summed E-state index contributed by atoms with van der Waals surface area (Å²) in [6.07, 6.45) is 4.14. The normalized spacial score (nSPS) is 22.9. The van der Waals surface area contributed by atoms with Gasteiger partial charge in [-0.25, -0.2) is 0 Å². The highest BCUT2D eigenvalue weighted by Gasteiger charge is 2.31. The number of amides is 1. The van der Waals surface area contributed by atoms with E-state index in [-0.39, 0.29) is 17.8 Å². The maximum atomic E-state index is 12.1. The van der Waals surface area contributed by atoms with Gasteiger partial charge in [-0.1, -0.05) is 0 Å². The molecular formula is C14H21N5OS. The lowest BCUT2D eigenvalue weighted by atomic mass is 10.1. The number of aromatic nitrogens is 2. The predicted octanol–water partition coefficient (Wildman–Crippen LogP) is 1.33. The molecule has 0 spiro atoms. The Morgan fingerprint density at radius 2 is 1.95 bits per heavy atom. The lowest BCUT2D eigenvalue weighted by molar-refractivity contribution is -0.117. The van der Waals surface area contributed by atoms with Gasteiger partial charge in [0.2, 0.25) is 11.9 Å². The Kier molecular flexibility index (Phi) is 4.19. The summed E-state index contributed by atoms with van der Waals surface area (Å²) in [7, 11) is 0. The first-order valence-corrected chi connectivity index (χ1v) is 8.11. The summed E-state index contributed by atoms with van der Waals surface area (Å²) in [4.78, 5) is 24.6. The fourth-order valence-corrected chi connectivity index (χ4v) is 3.23. The second-order valence-corrected chi connectivity index (χ2v) is 6.11. The zero-order chi connectivity index (χ0) is 14.8. The molecule has 6 nitrogen and oxygen atoms in total. The molecule has 0 aliphatic carbocycles. The number of rotatable bonds is 3. The first kappa shape index (κ1) is 14.4. The molecule has 21 heavy (non-hydrogen) atoms. The van der Waals surface area contributed by atoms with E-state index in [1.807, 2.05) is 6.07 Å². The molecule has 1 atom stereocenters. The largest absolute Gasteiger partial charge is 0.368 e. The minimum absolute atomic E-state index is 0.0942. The third-order valence-corrected chi connectivity index (χ3v) is 4.65. The van der Waals surface area contributed by atoms with Crippen LogP contribution in [0.3, 0.4) is 0 Å². The molecule has 0 bridgehead atoms. The van der Waals surface area contributed by atoms with Crippen LogP contribution in [0.4, 0.5) is 17.6 Å². The van der Waals surface area contributed by atoms with Crippen molar-refractivity contribution in [2.24, 2.45) is 5.92 Å². The van der Waals surface area contributed by atoms with Crippen molar-refractivity contribution >= 4 is 36.1 Å². The quantitative estimate of drug-likeness (QED) is 0.824. The van der Waals surface area contributed by atoms with Crippen LogP contribution in [0, 0.1) is 5.92 Å². The molecule has 1 aromatic heterocycles. The molecule has 2 fully saturated rings. The molecule has 7 heteroatoms. The number of thiol groups is 1. The first-order chi connectivity index (χ1) is 10.2. The lowest BCUT2D eigenvalue weighted by Crippen LogP contribution is -2.31. The smallest absolute Gasteiger partial charge is 0.228 e. The highest BCUT2D eigenvalue weighted by Crippen LogP contribution is 2.28. The van der Waals surface area contributed by atoms with E-state index in [0.29, 0.717) is 24.5 Å². The van der Waals surface area contributed by atoms with Gasteiger partial charge < -0.3 is 10.6 Å². The fourth-order valence-electron chi connectivity index (χ4n) is 2.99. The van der Waals surface area contributed by atoms with Crippen molar-refractivity contribution in [1.29, 1.82) is 0 Å². The number of hydrogen-bond acceptors (Lipinski definition) is 6. The molecule has 3 heterocycles. The number of hydrogen-bond donors (Lipinski definition) is 2. The molecule has 3 rings (SSSR count). The van der Waals surface area contributed by atoms with E-state index in [0.717, 1.165) is 18.9 Å². The van der Waals surface area contributed by atoms with E-state index >= 15 is 0 Å². The van der Waals surface area contributed by atoms with Crippen molar-refractivity contribution in [3.05, 3.63) is 6.07 Å². The van der Waals surface area contributed by atoms with Crippen molar-refractivity contribution in [3.63, 3.8) is 0 Å². The molecule has 0 aromatic carbocycles. The maximum Gasteiger partial charge on any atom is 0.228 e. The van der Waals surface area contributed by atoms with Gasteiger partial charge in [0.15, 0.2) is 0 Å². The Morgan fingerprint density at radius 1 is 1.24 bits per heavy atom. The molecule has 0 saturated carbocycles. The van der Waals surface area contributed by atoms with E-state index in [9.17, 15) is 4.79 Å². The van der Waals surface area contributed by atoms with Gasteiger partial charge in [-0.2, -0.15) is 22.6 Å². The topological polar surface area (TPSA) is 75.3 Å². The summed E-state index contributed by atoms with van der Waals surface area (Å²) in [6.45, 7) is 2.64. The van der Waals surface area contributed by atoms with Crippen molar-refractivity contribution in [1.82, 2.24) is 9.97 Å². The van der Waals surface area contributed by atoms with Crippen LogP contribution in [0.1, 0.15) is 25.7 Å². The van der Waals surface area contributed by atoms with Crippen molar-refractivity contribution in [2.45, 2.75) is 25.7 Å². The van der Waals surface area contributed by atoms with Gasteiger partial charge in [0.05, 0.1) is 0 Å². The van der Waals surface area contributed by atoms with E-state index in [1.165, 1.54) is 19.3 Å². The number of carbonyl (C=O) groups excluding carboxylic acids is 1. The lowest BCUT2D eigenvalue weighted by Gasteiger charge is -2.28. The number of piperidine rings is 1. The highest BCUT2D eigenvalue weighted by molar-refractivity contribution is 7.80. The van der Waals surface area contributed by atoms with Gasteiger partial charge >= 0.3 is 0 Å². The van der Waals surface area contributed by atoms with E-state index < -0.39 is 0 Å². The van der Waals surface area contributed by atoms with Gasteiger partial charge in [-0.15, -0.1) is 0 Å². The third kappa shape index (κ3) is 3.07. The van der Waals surface area contributed by atoms with Gasteiger partial charge in [-0.05, 0) is 30.9 Å². The minimum Gasteiger partial charge on any atom is -0.368 e. The molecule has 1 aromatic rings. The van der Waals surface area contributed by atoms with Gasteiger partial charge in [-0.3, -0.25) is 9.69 Å². The van der Waals surface area contributed by atoms with Gasteiger partial charge in [0, 0.05) is 32.1 Å². The Morgan fingerprint density at radius 3 is 2.62 bits per heavy atom. The summed E-state index contributed by atoms with van der Waals surface area (Å²) in [6, 6.07) is 1.89. The average Bonchev–Trinajstić information content (AvgIpc) is 2.89. The predicted molar refractivity (Wildman–Crippen MR) is 86.8 cm³/mol. The maximum absolute atomic E-state index is 12.1. The van der Waals surface area contributed by atoms with E-state index in [2.05, 4.69) is 27.5 Å². The summed E-state index contributed by atoms with van der Waals surface area (Å²) in [5.41, 5.74) is 5.84. The highest BCUT2D eigenvalue weighted by atomic mass is 32.1. The first-order valence-electron chi connectivity index (χ1n) is 7.48. The molecule has 1 unspecified atom stereocenters. The van der Waals surface area contributed by atoms with E-state index in [1.54, 1.807) is 4.90 Å². The Labute approximate surface area is 130 Å².